The lowest BCUT2D eigenvalue weighted by Gasteiger charge is -2.18. The molecule has 3 aromatic rings. The molecule has 0 heterocycles. The minimum Gasteiger partial charge on any atom is -0.497 e. The highest BCUT2D eigenvalue weighted by Crippen LogP contribution is 2.24. The van der Waals surface area contributed by atoms with Gasteiger partial charge in [0.1, 0.15) is 23.0 Å². The summed E-state index contributed by atoms with van der Waals surface area (Å²) in [6.45, 7) is 2.58. The molecule has 0 bridgehead atoms. The maximum atomic E-state index is 12.2. The number of ether oxygens (including phenoxy) is 4. The van der Waals surface area contributed by atoms with Crippen molar-refractivity contribution in [1.29, 1.82) is 0 Å². The number of unbranched alkanes of at least 4 members (excludes halogenated alkanes) is 3. The minimum absolute atomic E-state index is 0.00648. The molecule has 1 N–H and O–H groups in total. The van der Waals surface area contributed by atoms with Crippen molar-refractivity contribution in [2.75, 3.05) is 48.1 Å². The van der Waals surface area contributed by atoms with Gasteiger partial charge in [-0.25, -0.2) is 0 Å². The fraction of sp³-hybridized carbons (Fsp3) is 0.364. The SMILES string of the molecule is COc1cc(/C=C/c2ccc(OCC(=O)NCCCCCCN(C)Cc3ccccc3OC)cc2)cc(OC)c1. The van der Waals surface area contributed by atoms with Gasteiger partial charge < -0.3 is 29.2 Å². The Hall–Kier alpha value is -3.97. The lowest BCUT2D eigenvalue weighted by atomic mass is 10.1. The number of hydrogen-bond donors (Lipinski definition) is 1. The van der Waals surface area contributed by atoms with Gasteiger partial charge >= 0.3 is 0 Å². The van der Waals surface area contributed by atoms with E-state index in [-0.39, 0.29) is 12.5 Å². The van der Waals surface area contributed by atoms with E-state index in [0.29, 0.717) is 12.3 Å². The first-order valence-corrected chi connectivity index (χ1v) is 13.7. The highest BCUT2D eigenvalue weighted by molar-refractivity contribution is 5.77. The van der Waals surface area contributed by atoms with Gasteiger partial charge in [0.15, 0.2) is 6.61 Å². The van der Waals surface area contributed by atoms with Crippen molar-refractivity contribution >= 4 is 18.1 Å². The minimum atomic E-state index is -0.104. The molecule has 0 spiro atoms. The third kappa shape index (κ3) is 10.7. The third-order valence-corrected chi connectivity index (χ3v) is 6.51. The summed E-state index contributed by atoms with van der Waals surface area (Å²) in [6, 6.07) is 21.5. The van der Waals surface area contributed by atoms with Crippen molar-refractivity contribution in [3.63, 3.8) is 0 Å². The van der Waals surface area contributed by atoms with Crippen LogP contribution in [0, 0.1) is 0 Å². The largest absolute Gasteiger partial charge is 0.497 e. The average Bonchev–Trinajstić information content (AvgIpc) is 2.99. The van der Waals surface area contributed by atoms with Gasteiger partial charge in [0.2, 0.25) is 0 Å². The van der Waals surface area contributed by atoms with Crippen LogP contribution in [0.4, 0.5) is 0 Å². The van der Waals surface area contributed by atoms with Crippen LogP contribution in [0.25, 0.3) is 12.2 Å². The molecule has 0 aliphatic carbocycles. The van der Waals surface area contributed by atoms with Crippen molar-refractivity contribution in [2.45, 2.75) is 32.2 Å². The maximum Gasteiger partial charge on any atom is 0.257 e. The molecule has 0 saturated heterocycles. The Labute approximate surface area is 238 Å². The van der Waals surface area contributed by atoms with E-state index in [2.05, 4.69) is 23.3 Å². The maximum absolute atomic E-state index is 12.2. The Morgan fingerprint density at radius 1 is 0.775 bits per heavy atom. The molecule has 3 aromatic carbocycles. The van der Waals surface area contributed by atoms with Crippen LogP contribution < -0.4 is 24.3 Å². The first-order valence-electron chi connectivity index (χ1n) is 13.7. The van der Waals surface area contributed by atoms with Gasteiger partial charge in [-0.15, -0.1) is 0 Å². The number of carbonyl (C=O) groups excluding carboxylic acids is 1. The number of para-hydroxylation sites is 1. The third-order valence-electron chi connectivity index (χ3n) is 6.51. The molecule has 40 heavy (non-hydrogen) atoms. The van der Waals surface area contributed by atoms with Crippen LogP contribution in [0.15, 0.2) is 66.7 Å². The second-order valence-corrected chi connectivity index (χ2v) is 9.65. The Bertz CT molecular complexity index is 1190. The van der Waals surface area contributed by atoms with E-state index in [1.807, 2.05) is 72.8 Å². The van der Waals surface area contributed by atoms with Gasteiger partial charge in [-0.05, 0) is 67.9 Å². The standard InChI is InChI=1S/C33H42N2O5/c1-35(24-28-11-7-8-12-32(28)39-4)20-10-6-5-9-19-34-33(36)25-40-29-17-15-26(16-18-29)13-14-27-21-30(37-2)23-31(22-27)38-3/h7-8,11-18,21-23H,5-6,9-10,19-20,24-25H2,1-4H3,(H,34,36)/b14-13+. The van der Waals surface area contributed by atoms with E-state index in [1.165, 1.54) is 5.56 Å². The van der Waals surface area contributed by atoms with Gasteiger partial charge in [-0.2, -0.15) is 0 Å². The van der Waals surface area contributed by atoms with Crippen molar-refractivity contribution in [2.24, 2.45) is 0 Å². The van der Waals surface area contributed by atoms with E-state index < -0.39 is 0 Å². The molecule has 214 valence electrons. The lowest BCUT2D eigenvalue weighted by Crippen LogP contribution is -2.29. The Morgan fingerprint density at radius 2 is 1.45 bits per heavy atom. The molecule has 0 aliphatic heterocycles. The van der Waals surface area contributed by atoms with Gasteiger partial charge in [-0.3, -0.25) is 4.79 Å². The fourth-order valence-corrected chi connectivity index (χ4v) is 4.28. The van der Waals surface area contributed by atoms with E-state index in [1.54, 1.807) is 21.3 Å². The summed E-state index contributed by atoms with van der Waals surface area (Å²) in [6.07, 6.45) is 8.30. The normalized spacial score (nSPS) is 11.0. The lowest BCUT2D eigenvalue weighted by molar-refractivity contribution is -0.123. The quantitative estimate of drug-likeness (QED) is 0.164. The van der Waals surface area contributed by atoms with E-state index in [0.717, 1.165) is 67.1 Å². The Balaban J connectivity index is 1.27. The molecule has 0 aromatic heterocycles. The molecule has 3 rings (SSSR count). The second kappa shape index (κ2) is 16.9. The van der Waals surface area contributed by atoms with E-state index in [4.69, 9.17) is 18.9 Å². The predicted molar refractivity (Wildman–Crippen MR) is 161 cm³/mol. The number of amides is 1. The fourth-order valence-electron chi connectivity index (χ4n) is 4.28. The highest BCUT2D eigenvalue weighted by Gasteiger charge is 2.06. The number of nitrogens with zero attached hydrogens (tertiary/aromatic N) is 1. The molecule has 0 saturated carbocycles. The number of hydrogen-bond acceptors (Lipinski definition) is 6. The average molecular weight is 547 g/mol. The van der Waals surface area contributed by atoms with Crippen molar-refractivity contribution in [3.8, 4) is 23.0 Å². The van der Waals surface area contributed by atoms with Gasteiger partial charge in [0, 0.05) is 24.7 Å². The number of carbonyl (C=O) groups is 1. The zero-order chi connectivity index (χ0) is 28.6. The van der Waals surface area contributed by atoms with Gasteiger partial charge in [0.05, 0.1) is 21.3 Å². The summed E-state index contributed by atoms with van der Waals surface area (Å²) in [5.74, 6) is 2.97. The molecule has 0 fully saturated rings. The van der Waals surface area contributed by atoms with E-state index in [9.17, 15) is 4.79 Å². The molecule has 0 aliphatic rings. The van der Waals surface area contributed by atoms with Crippen LogP contribution in [-0.4, -0.2) is 58.9 Å². The predicted octanol–water partition coefficient (Wildman–Crippen LogP) is 6.07. The van der Waals surface area contributed by atoms with Crippen LogP contribution in [-0.2, 0) is 11.3 Å². The topological polar surface area (TPSA) is 69.3 Å². The zero-order valence-electron chi connectivity index (χ0n) is 24.2. The molecule has 0 atom stereocenters. The highest BCUT2D eigenvalue weighted by atomic mass is 16.5. The molecular weight excluding hydrogens is 504 g/mol. The molecule has 7 nitrogen and oxygen atoms in total. The monoisotopic (exact) mass is 546 g/mol. The number of methoxy groups -OCH3 is 3. The Morgan fingerprint density at radius 3 is 2.15 bits per heavy atom. The summed E-state index contributed by atoms with van der Waals surface area (Å²) in [5, 5.41) is 2.95. The second-order valence-electron chi connectivity index (χ2n) is 9.65. The van der Waals surface area contributed by atoms with Crippen LogP contribution in [0.5, 0.6) is 23.0 Å². The zero-order valence-corrected chi connectivity index (χ0v) is 24.2. The first-order chi connectivity index (χ1) is 19.5. The molecule has 1 amide bonds. The number of benzene rings is 3. The number of nitrogens with one attached hydrogen (secondary N) is 1. The molecule has 0 radical (unpaired) electrons. The van der Waals surface area contributed by atoms with Crippen molar-refractivity contribution in [1.82, 2.24) is 10.2 Å². The molecular formula is C33H42N2O5. The summed E-state index contributed by atoms with van der Waals surface area (Å²) >= 11 is 0. The summed E-state index contributed by atoms with van der Waals surface area (Å²) < 4.78 is 21.7. The van der Waals surface area contributed by atoms with Crippen molar-refractivity contribution < 1.29 is 23.7 Å². The first kappa shape index (κ1) is 30.6. The van der Waals surface area contributed by atoms with Crippen LogP contribution in [0.2, 0.25) is 0 Å². The number of rotatable bonds is 17. The summed E-state index contributed by atoms with van der Waals surface area (Å²) in [4.78, 5) is 14.5. The van der Waals surface area contributed by atoms with Crippen LogP contribution in [0.1, 0.15) is 42.4 Å². The Kier molecular flexibility index (Phi) is 12.9. The van der Waals surface area contributed by atoms with Crippen molar-refractivity contribution in [3.05, 3.63) is 83.4 Å². The van der Waals surface area contributed by atoms with Crippen LogP contribution >= 0.6 is 0 Å². The van der Waals surface area contributed by atoms with Gasteiger partial charge in [-0.1, -0.05) is 55.3 Å². The van der Waals surface area contributed by atoms with Crippen LogP contribution in [0.3, 0.4) is 0 Å². The van der Waals surface area contributed by atoms with E-state index >= 15 is 0 Å². The molecule has 7 heteroatoms. The van der Waals surface area contributed by atoms with Gasteiger partial charge in [0.25, 0.3) is 5.91 Å². The molecule has 0 unspecified atom stereocenters. The summed E-state index contributed by atoms with van der Waals surface area (Å²) in [5.41, 5.74) is 3.20. The summed E-state index contributed by atoms with van der Waals surface area (Å²) in [7, 11) is 7.11. The smallest absolute Gasteiger partial charge is 0.257 e.